The fourth-order valence-corrected chi connectivity index (χ4v) is 2.41. The van der Waals surface area contributed by atoms with Crippen LogP contribution in [0.25, 0.3) is 0 Å². The largest absolute Gasteiger partial charge is 0.394 e. The SMILES string of the molecule is O=C(CC1CCC1)N1CCC[C@H]1CO. The molecule has 1 N–H and O–H groups in total. The molecule has 1 saturated carbocycles. The van der Waals surface area contributed by atoms with Crippen molar-refractivity contribution in [1.82, 2.24) is 4.90 Å². The van der Waals surface area contributed by atoms with Crippen LogP contribution in [0.2, 0.25) is 0 Å². The molecule has 1 aliphatic heterocycles. The average Bonchev–Trinajstić information content (AvgIpc) is 2.58. The lowest BCUT2D eigenvalue weighted by molar-refractivity contribution is -0.134. The maximum Gasteiger partial charge on any atom is 0.223 e. The summed E-state index contributed by atoms with van der Waals surface area (Å²) in [7, 11) is 0. The smallest absolute Gasteiger partial charge is 0.223 e. The van der Waals surface area contributed by atoms with Crippen molar-refractivity contribution >= 4 is 5.91 Å². The number of hydrogen-bond acceptors (Lipinski definition) is 2. The van der Waals surface area contributed by atoms with Gasteiger partial charge in [0.05, 0.1) is 12.6 Å². The van der Waals surface area contributed by atoms with Crippen molar-refractivity contribution < 1.29 is 9.90 Å². The van der Waals surface area contributed by atoms with Gasteiger partial charge < -0.3 is 10.0 Å². The number of carbonyl (C=O) groups excluding carboxylic acids is 1. The summed E-state index contributed by atoms with van der Waals surface area (Å²) in [6.07, 6.45) is 6.50. The standard InChI is InChI=1S/C11H19NO2/c13-8-10-5-2-6-12(10)11(14)7-9-3-1-4-9/h9-10,13H,1-8H2/t10-/m0/s1. The summed E-state index contributed by atoms with van der Waals surface area (Å²) in [5, 5.41) is 9.10. The third-order valence-electron chi connectivity index (χ3n) is 3.60. The summed E-state index contributed by atoms with van der Waals surface area (Å²) >= 11 is 0. The Morgan fingerprint density at radius 3 is 2.64 bits per heavy atom. The molecule has 3 nitrogen and oxygen atoms in total. The molecule has 1 heterocycles. The van der Waals surface area contributed by atoms with Gasteiger partial charge in [0.2, 0.25) is 5.91 Å². The summed E-state index contributed by atoms with van der Waals surface area (Å²) in [6, 6.07) is 0.113. The summed E-state index contributed by atoms with van der Waals surface area (Å²) in [4.78, 5) is 13.7. The molecule has 0 unspecified atom stereocenters. The fraction of sp³-hybridized carbons (Fsp3) is 0.909. The second kappa shape index (κ2) is 4.30. The summed E-state index contributed by atoms with van der Waals surface area (Å²) in [5.74, 6) is 0.911. The number of carbonyl (C=O) groups is 1. The highest BCUT2D eigenvalue weighted by Crippen LogP contribution is 2.31. The van der Waals surface area contributed by atoms with Crippen molar-refractivity contribution in [3.8, 4) is 0 Å². The van der Waals surface area contributed by atoms with E-state index in [1.165, 1.54) is 19.3 Å². The van der Waals surface area contributed by atoms with Crippen LogP contribution in [0.5, 0.6) is 0 Å². The number of hydrogen-bond donors (Lipinski definition) is 1. The lowest BCUT2D eigenvalue weighted by Gasteiger charge is -2.29. The van der Waals surface area contributed by atoms with Crippen LogP contribution in [-0.4, -0.2) is 35.1 Å². The van der Waals surface area contributed by atoms with Crippen LogP contribution in [0.3, 0.4) is 0 Å². The van der Waals surface area contributed by atoms with Gasteiger partial charge in [0.25, 0.3) is 0 Å². The van der Waals surface area contributed by atoms with Gasteiger partial charge in [0, 0.05) is 13.0 Å². The van der Waals surface area contributed by atoms with Crippen LogP contribution in [0, 0.1) is 5.92 Å². The molecule has 0 bridgehead atoms. The van der Waals surface area contributed by atoms with E-state index < -0.39 is 0 Å². The lowest BCUT2D eigenvalue weighted by Crippen LogP contribution is -2.39. The van der Waals surface area contributed by atoms with Gasteiger partial charge in [-0.05, 0) is 31.6 Å². The zero-order valence-corrected chi connectivity index (χ0v) is 8.61. The van der Waals surface area contributed by atoms with Gasteiger partial charge >= 0.3 is 0 Å². The monoisotopic (exact) mass is 197 g/mol. The van der Waals surface area contributed by atoms with Gasteiger partial charge in [-0.25, -0.2) is 0 Å². The van der Waals surface area contributed by atoms with E-state index in [9.17, 15) is 4.79 Å². The molecule has 0 aromatic heterocycles. The van der Waals surface area contributed by atoms with Gasteiger partial charge in [-0.3, -0.25) is 4.79 Å². The van der Waals surface area contributed by atoms with Crippen LogP contribution in [0.1, 0.15) is 38.5 Å². The molecule has 0 spiro atoms. The first-order valence-electron chi connectivity index (χ1n) is 5.71. The van der Waals surface area contributed by atoms with E-state index in [1.54, 1.807) is 0 Å². The Bertz CT molecular complexity index is 213. The maximum absolute atomic E-state index is 11.8. The van der Waals surface area contributed by atoms with Gasteiger partial charge in [-0.2, -0.15) is 0 Å². The number of rotatable bonds is 3. The third-order valence-corrected chi connectivity index (χ3v) is 3.60. The topological polar surface area (TPSA) is 40.5 Å². The maximum atomic E-state index is 11.8. The quantitative estimate of drug-likeness (QED) is 0.737. The molecular formula is C11H19NO2. The van der Waals surface area contributed by atoms with E-state index in [0.29, 0.717) is 5.92 Å². The van der Waals surface area contributed by atoms with Gasteiger partial charge in [-0.15, -0.1) is 0 Å². The Hall–Kier alpha value is -0.570. The van der Waals surface area contributed by atoms with Crippen LogP contribution in [0.4, 0.5) is 0 Å². The van der Waals surface area contributed by atoms with Crippen molar-refractivity contribution in [2.24, 2.45) is 5.92 Å². The summed E-state index contributed by atoms with van der Waals surface area (Å²) in [6.45, 7) is 0.993. The molecular weight excluding hydrogens is 178 g/mol. The molecule has 14 heavy (non-hydrogen) atoms. The first-order valence-corrected chi connectivity index (χ1v) is 5.71. The molecule has 0 radical (unpaired) electrons. The van der Waals surface area contributed by atoms with E-state index in [1.807, 2.05) is 4.90 Å². The molecule has 3 heteroatoms. The number of aliphatic hydroxyl groups is 1. The molecule has 1 atom stereocenters. The van der Waals surface area contributed by atoms with Crippen molar-refractivity contribution in [2.75, 3.05) is 13.2 Å². The number of aliphatic hydroxyl groups excluding tert-OH is 1. The minimum Gasteiger partial charge on any atom is -0.394 e. The number of nitrogens with zero attached hydrogens (tertiary/aromatic N) is 1. The van der Waals surface area contributed by atoms with Crippen molar-refractivity contribution in [3.63, 3.8) is 0 Å². The van der Waals surface area contributed by atoms with E-state index in [2.05, 4.69) is 0 Å². The van der Waals surface area contributed by atoms with E-state index in [0.717, 1.165) is 25.8 Å². The Balaban J connectivity index is 1.83. The minimum atomic E-state index is 0.113. The van der Waals surface area contributed by atoms with Crippen molar-refractivity contribution in [1.29, 1.82) is 0 Å². The fourth-order valence-electron chi connectivity index (χ4n) is 2.41. The molecule has 1 amide bonds. The predicted molar refractivity (Wildman–Crippen MR) is 53.8 cm³/mol. The second-order valence-corrected chi connectivity index (χ2v) is 4.57. The average molecular weight is 197 g/mol. The van der Waals surface area contributed by atoms with Crippen LogP contribution < -0.4 is 0 Å². The first-order chi connectivity index (χ1) is 6.81. The molecule has 1 aliphatic carbocycles. The summed E-state index contributed by atoms with van der Waals surface area (Å²) < 4.78 is 0. The Kier molecular flexibility index (Phi) is 3.06. The Morgan fingerprint density at radius 2 is 2.07 bits per heavy atom. The highest BCUT2D eigenvalue weighted by atomic mass is 16.3. The van der Waals surface area contributed by atoms with Gasteiger partial charge in [-0.1, -0.05) is 6.42 Å². The molecule has 80 valence electrons. The van der Waals surface area contributed by atoms with Gasteiger partial charge in [0.1, 0.15) is 0 Å². The first kappa shape index (κ1) is 9.97. The van der Waals surface area contributed by atoms with E-state index in [4.69, 9.17) is 5.11 Å². The third kappa shape index (κ3) is 1.92. The Morgan fingerprint density at radius 1 is 1.29 bits per heavy atom. The predicted octanol–water partition coefficient (Wildman–Crippen LogP) is 1.16. The molecule has 0 aromatic rings. The normalized spacial score (nSPS) is 27.8. The molecule has 2 aliphatic rings. The zero-order valence-electron chi connectivity index (χ0n) is 8.61. The number of likely N-dealkylation sites (tertiary alicyclic amines) is 1. The van der Waals surface area contributed by atoms with Crippen LogP contribution in [-0.2, 0) is 4.79 Å². The van der Waals surface area contributed by atoms with Crippen LogP contribution >= 0.6 is 0 Å². The highest BCUT2D eigenvalue weighted by Gasteiger charge is 2.30. The van der Waals surface area contributed by atoms with Crippen molar-refractivity contribution in [3.05, 3.63) is 0 Å². The molecule has 1 saturated heterocycles. The highest BCUT2D eigenvalue weighted by molar-refractivity contribution is 5.77. The molecule has 2 fully saturated rings. The molecule has 2 rings (SSSR count). The second-order valence-electron chi connectivity index (χ2n) is 4.57. The van der Waals surface area contributed by atoms with Gasteiger partial charge in [0.15, 0.2) is 0 Å². The Labute approximate surface area is 85.1 Å². The lowest BCUT2D eigenvalue weighted by atomic mass is 9.82. The van der Waals surface area contributed by atoms with Crippen LogP contribution in [0.15, 0.2) is 0 Å². The van der Waals surface area contributed by atoms with E-state index >= 15 is 0 Å². The van der Waals surface area contributed by atoms with E-state index in [-0.39, 0.29) is 18.6 Å². The zero-order chi connectivity index (χ0) is 9.97. The molecule has 0 aromatic carbocycles. The van der Waals surface area contributed by atoms with Crippen molar-refractivity contribution in [2.45, 2.75) is 44.6 Å². The number of amides is 1. The summed E-state index contributed by atoms with van der Waals surface area (Å²) in [5.41, 5.74) is 0. The minimum absolute atomic E-state index is 0.113.